The molecule has 0 spiro atoms. The van der Waals surface area contributed by atoms with Crippen LogP contribution < -0.4 is 11.1 Å². The average molecular weight is 448 g/mol. The molecule has 3 aromatic rings. The van der Waals surface area contributed by atoms with Crippen LogP contribution in [0.5, 0.6) is 0 Å². The maximum absolute atomic E-state index is 12.5. The molecule has 1 unspecified atom stereocenters. The van der Waals surface area contributed by atoms with Crippen LogP contribution in [-0.4, -0.2) is 36.5 Å². The van der Waals surface area contributed by atoms with Gasteiger partial charge in [-0.3, -0.25) is 9.69 Å². The highest BCUT2D eigenvalue weighted by Gasteiger charge is 2.22. The number of carbonyl (C=O) groups is 1. The number of rotatable bonds is 8. The van der Waals surface area contributed by atoms with E-state index in [9.17, 15) is 4.79 Å². The predicted octanol–water partition coefficient (Wildman–Crippen LogP) is 4.90. The quantitative estimate of drug-likeness (QED) is 0.516. The van der Waals surface area contributed by atoms with Crippen LogP contribution in [0.25, 0.3) is 11.1 Å². The highest BCUT2D eigenvalue weighted by atomic mass is 35.5. The Bertz CT molecular complexity index is 1020. The van der Waals surface area contributed by atoms with E-state index in [1.807, 2.05) is 48.5 Å². The average Bonchev–Trinajstić information content (AvgIpc) is 3.28. The number of likely N-dealkylation sites (tertiary alicyclic amines) is 1. The molecule has 0 saturated carbocycles. The topological polar surface area (TPSA) is 58.4 Å². The molecule has 1 atom stereocenters. The first-order chi connectivity index (χ1) is 15.6. The molecule has 5 heteroatoms. The third-order valence-electron chi connectivity index (χ3n) is 6.20. The van der Waals surface area contributed by atoms with E-state index in [2.05, 4.69) is 34.5 Å². The van der Waals surface area contributed by atoms with Gasteiger partial charge in [0.1, 0.15) is 0 Å². The lowest BCUT2D eigenvalue weighted by atomic mass is 10.0. The van der Waals surface area contributed by atoms with Crippen molar-refractivity contribution < 1.29 is 4.79 Å². The number of amides is 1. The fourth-order valence-electron chi connectivity index (χ4n) is 4.29. The van der Waals surface area contributed by atoms with Gasteiger partial charge < -0.3 is 11.1 Å². The molecule has 0 radical (unpaired) electrons. The van der Waals surface area contributed by atoms with E-state index in [1.165, 1.54) is 24.0 Å². The zero-order valence-electron chi connectivity index (χ0n) is 18.3. The standard InChI is InChI=1S/C27H30ClN3O/c28-25-13-11-23(12-14-25)22-7-9-24(10-8-22)27(32)30-16-15-20-3-5-21(6-4-20)19-31-17-1-2-26(31)18-29/h3-14,26H,1-2,15-19,29H2,(H,30,32). The van der Waals surface area contributed by atoms with Gasteiger partial charge in [-0.15, -0.1) is 0 Å². The van der Waals surface area contributed by atoms with Crippen molar-refractivity contribution in [3.05, 3.63) is 94.5 Å². The molecule has 1 aliphatic heterocycles. The van der Waals surface area contributed by atoms with E-state index in [0.29, 0.717) is 23.2 Å². The molecule has 3 aromatic carbocycles. The number of nitrogens with zero attached hydrogens (tertiary/aromatic N) is 1. The minimum Gasteiger partial charge on any atom is -0.352 e. The number of carbonyl (C=O) groups excluding carboxylic acids is 1. The first-order valence-corrected chi connectivity index (χ1v) is 11.7. The number of halogens is 1. The monoisotopic (exact) mass is 447 g/mol. The third kappa shape index (κ3) is 5.77. The molecule has 1 saturated heterocycles. The third-order valence-corrected chi connectivity index (χ3v) is 6.46. The van der Waals surface area contributed by atoms with Gasteiger partial charge in [0.15, 0.2) is 0 Å². The van der Waals surface area contributed by atoms with E-state index >= 15 is 0 Å². The zero-order chi connectivity index (χ0) is 22.3. The summed E-state index contributed by atoms with van der Waals surface area (Å²) in [7, 11) is 0. The summed E-state index contributed by atoms with van der Waals surface area (Å²) in [6.07, 6.45) is 3.26. The number of benzene rings is 3. The van der Waals surface area contributed by atoms with Crippen LogP contribution >= 0.6 is 11.6 Å². The highest BCUT2D eigenvalue weighted by molar-refractivity contribution is 6.30. The van der Waals surface area contributed by atoms with Gasteiger partial charge in [-0.2, -0.15) is 0 Å². The van der Waals surface area contributed by atoms with Gasteiger partial charge in [0, 0.05) is 36.3 Å². The minimum atomic E-state index is -0.0499. The van der Waals surface area contributed by atoms with Gasteiger partial charge in [0.05, 0.1) is 0 Å². The molecule has 4 rings (SSSR count). The molecule has 1 amide bonds. The minimum absolute atomic E-state index is 0.0499. The molecule has 0 aliphatic carbocycles. The molecule has 1 fully saturated rings. The smallest absolute Gasteiger partial charge is 0.251 e. The second-order valence-corrected chi connectivity index (χ2v) is 8.85. The van der Waals surface area contributed by atoms with Crippen LogP contribution in [0.1, 0.15) is 34.3 Å². The molecule has 0 bridgehead atoms. The van der Waals surface area contributed by atoms with Crippen molar-refractivity contribution in [3.63, 3.8) is 0 Å². The number of hydrogen-bond acceptors (Lipinski definition) is 3. The Hall–Kier alpha value is -2.66. The maximum Gasteiger partial charge on any atom is 0.251 e. The second-order valence-electron chi connectivity index (χ2n) is 8.41. The van der Waals surface area contributed by atoms with E-state index < -0.39 is 0 Å². The van der Waals surface area contributed by atoms with Gasteiger partial charge >= 0.3 is 0 Å². The SMILES string of the molecule is NCC1CCCN1Cc1ccc(CCNC(=O)c2ccc(-c3ccc(Cl)cc3)cc2)cc1. The summed E-state index contributed by atoms with van der Waals surface area (Å²) >= 11 is 5.95. The van der Waals surface area contributed by atoms with Crippen molar-refractivity contribution in [1.82, 2.24) is 10.2 Å². The summed E-state index contributed by atoms with van der Waals surface area (Å²) < 4.78 is 0. The largest absolute Gasteiger partial charge is 0.352 e. The molecular formula is C27H30ClN3O. The number of hydrogen-bond donors (Lipinski definition) is 2. The van der Waals surface area contributed by atoms with Crippen molar-refractivity contribution in [2.24, 2.45) is 5.73 Å². The van der Waals surface area contributed by atoms with Crippen LogP contribution in [0.15, 0.2) is 72.8 Å². The summed E-state index contributed by atoms with van der Waals surface area (Å²) in [6.45, 7) is 3.45. The van der Waals surface area contributed by atoms with E-state index in [4.69, 9.17) is 17.3 Å². The fraction of sp³-hybridized carbons (Fsp3) is 0.296. The van der Waals surface area contributed by atoms with Crippen molar-refractivity contribution in [3.8, 4) is 11.1 Å². The summed E-state index contributed by atoms with van der Waals surface area (Å²) in [4.78, 5) is 15.0. The van der Waals surface area contributed by atoms with Gasteiger partial charge in [0.25, 0.3) is 5.91 Å². The lowest BCUT2D eigenvalue weighted by Gasteiger charge is -2.23. The summed E-state index contributed by atoms with van der Waals surface area (Å²) in [5, 5.41) is 3.74. The Morgan fingerprint density at radius 3 is 2.22 bits per heavy atom. The van der Waals surface area contributed by atoms with Crippen LogP contribution in [-0.2, 0) is 13.0 Å². The summed E-state index contributed by atoms with van der Waals surface area (Å²) in [6, 6.07) is 24.6. The number of nitrogens with one attached hydrogen (secondary N) is 1. The van der Waals surface area contributed by atoms with Gasteiger partial charge in [-0.25, -0.2) is 0 Å². The predicted molar refractivity (Wildman–Crippen MR) is 132 cm³/mol. The van der Waals surface area contributed by atoms with Crippen molar-refractivity contribution >= 4 is 17.5 Å². The van der Waals surface area contributed by atoms with E-state index in [1.54, 1.807) is 0 Å². The fourth-order valence-corrected chi connectivity index (χ4v) is 4.42. The van der Waals surface area contributed by atoms with Crippen molar-refractivity contribution in [2.75, 3.05) is 19.6 Å². The van der Waals surface area contributed by atoms with Crippen molar-refractivity contribution in [2.45, 2.75) is 31.8 Å². The lowest BCUT2D eigenvalue weighted by molar-refractivity contribution is 0.0954. The first-order valence-electron chi connectivity index (χ1n) is 11.3. The molecule has 0 aromatic heterocycles. The Balaban J connectivity index is 1.25. The normalized spacial score (nSPS) is 16.2. The highest BCUT2D eigenvalue weighted by Crippen LogP contribution is 2.22. The lowest BCUT2D eigenvalue weighted by Crippen LogP contribution is -2.34. The first kappa shape index (κ1) is 22.5. The van der Waals surface area contributed by atoms with Crippen LogP contribution in [0, 0.1) is 0 Å². The van der Waals surface area contributed by atoms with E-state index in [0.717, 1.165) is 37.2 Å². The Morgan fingerprint density at radius 1 is 0.938 bits per heavy atom. The summed E-state index contributed by atoms with van der Waals surface area (Å²) in [5.41, 5.74) is 11.2. The second kappa shape index (κ2) is 10.8. The molecule has 4 nitrogen and oxygen atoms in total. The molecule has 1 heterocycles. The summed E-state index contributed by atoms with van der Waals surface area (Å²) in [5.74, 6) is -0.0499. The van der Waals surface area contributed by atoms with Gasteiger partial charge in [-0.1, -0.05) is 60.1 Å². The van der Waals surface area contributed by atoms with Gasteiger partial charge in [0.2, 0.25) is 0 Å². The Morgan fingerprint density at radius 2 is 1.56 bits per heavy atom. The van der Waals surface area contributed by atoms with Crippen LogP contribution in [0.3, 0.4) is 0 Å². The molecule has 166 valence electrons. The zero-order valence-corrected chi connectivity index (χ0v) is 19.0. The number of nitrogens with two attached hydrogens (primary N) is 1. The molecule has 1 aliphatic rings. The molecule has 32 heavy (non-hydrogen) atoms. The Labute approximate surface area is 195 Å². The van der Waals surface area contributed by atoms with E-state index in [-0.39, 0.29) is 5.91 Å². The van der Waals surface area contributed by atoms with Gasteiger partial charge in [-0.05, 0) is 72.3 Å². The Kier molecular flexibility index (Phi) is 7.59. The van der Waals surface area contributed by atoms with Crippen LogP contribution in [0.4, 0.5) is 0 Å². The van der Waals surface area contributed by atoms with Crippen molar-refractivity contribution in [1.29, 1.82) is 0 Å². The van der Waals surface area contributed by atoms with Crippen LogP contribution in [0.2, 0.25) is 5.02 Å². The molecular weight excluding hydrogens is 418 g/mol. The molecule has 3 N–H and O–H groups in total. The maximum atomic E-state index is 12.5.